The summed E-state index contributed by atoms with van der Waals surface area (Å²) in [5.41, 5.74) is 10.7. The topological polar surface area (TPSA) is 299 Å². The highest BCUT2D eigenvalue weighted by atomic mass is 35.5. The number of halogens is 7. The maximum absolute atomic E-state index is 13.8. The second-order valence-corrected chi connectivity index (χ2v) is 33.2. The quantitative estimate of drug-likeness (QED) is 0.0169. The van der Waals surface area contributed by atoms with Crippen molar-refractivity contribution in [1.82, 2.24) is 37.4 Å². The lowest BCUT2D eigenvalue weighted by Gasteiger charge is -2.43. The molecular weight excluding hydrogens is 1510 g/mol. The number of ketones is 1. The number of carbonyl (C=O) groups excluding carboxylic acids is 4. The number of aliphatic hydroxyl groups is 4. The van der Waals surface area contributed by atoms with Crippen molar-refractivity contribution in [2.75, 3.05) is 48.1 Å². The van der Waals surface area contributed by atoms with E-state index in [0.29, 0.717) is 42.4 Å². The highest BCUT2D eigenvalue weighted by molar-refractivity contribution is 5.85. The molecule has 2 unspecified atom stereocenters. The Kier molecular flexibility index (Phi) is 40.3. The molecule has 3 saturated carbocycles. The van der Waals surface area contributed by atoms with Gasteiger partial charge < -0.3 is 66.8 Å². The van der Waals surface area contributed by atoms with Crippen LogP contribution < -0.4 is 43.3 Å². The lowest BCUT2D eigenvalue weighted by Crippen LogP contribution is -2.54. The van der Waals surface area contributed by atoms with Crippen LogP contribution in [0.1, 0.15) is 210 Å². The van der Waals surface area contributed by atoms with Crippen LogP contribution in [0.25, 0.3) is 0 Å². The summed E-state index contributed by atoms with van der Waals surface area (Å²) in [5.74, 6) is -0.619. The zero-order chi connectivity index (χ0) is 84.9. The molecule has 638 valence electrons. The third kappa shape index (κ3) is 31.9. The van der Waals surface area contributed by atoms with Gasteiger partial charge in [-0.25, -0.2) is 32.2 Å². The second-order valence-electron chi connectivity index (χ2n) is 33.2. The number of carbonyl (C=O) groups is 4. The molecule has 6 aromatic rings. The number of nitrogens with one attached hydrogen (secondary N) is 7. The van der Waals surface area contributed by atoms with E-state index in [1.54, 1.807) is 14.2 Å². The summed E-state index contributed by atoms with van der Waals surface area (Å²) < 4.78 is 82.4. The summed E-state index contributed by atoms with van der Waals surface area (Å²) in [6, 6.07) is 33.1. The number of Topliss-reactive ketones (excluding diaryl/α,β-unsaturated/α-hetero) is 1. The Morgan fingerprint density at radius 1 is 0.470 bits per heavy atom. The number of hydroxylamine groups is 1. The minimum atomic E-state index is -1.02. The number of rotatable bonds is 27. The molecule has 0 heterocycles. The molecule has 0 radical (unpaired) electrons. The fourth-order valence-corrected chi connectivity index (χ4v) is 15.0. The Morgan fingerprint density at radius 3 is 0.991 bits per heavy atom. The summed E-state index contributed by atoms with van der Waals surface area (Å²) in [6.45, 7) is 24.1. The molecule has 0 bridgehead atoms. The van der Waals surface area contributed by atoms with Gasteiger partial charge in [0.05, 0.1) is 56.4 Å². The van der Waals surface area contributed by atoms with Crippen LogP contribution in [0.3, 0.4) is 0 Å². The minimum absolute atomic E-state index is 0. The smallest absolute Gasteiger partial charge is 0.217 e. The molecule has 3 aliphatic rings. The normalized spacial score (nSPS) is 19.0. The monoisotopic (exact) mass is 1630 g/mol. The lowest BCUT2D eigenvalue weighted by molar-refractivity contribution is -0.122. The van der Waals surface area contributed by atoms with Gasteiger partial charge in [0, 0.05) is 101 Å². The van der Waals surface area contributed by atoms with E-state index in [2.05, 4.69) is 176 Å². The molecule has 27 heteroatoms. The minimum Gasteiger partial charge on any atom is -0.400 e. The van der Waals surface area contributed by atoms with E-state index in [1.807, 2.05) is 12.1 Å². The molecule has 3 fully saturated rings. The maximum Gasteiger partial charge on any atom is 0.217 e. The summed E-state index contributed by atoms with van der Waals surface area (Å²) in [7, 11) is 5.57. The fraction of sp³-hybridized carbons (Fsp3) is 0.534. The van der Waals surface area contributed by atoms with Crippen LogP contribution >= 0.6 is 12.4 Å². The lowest BCUT2D eigenvalue weighted by atomic mass is 9.73. The molecule has 0 saturated heterocycles. The molecular formula is C88H126ClF6N9O11. The largest absolute Gasteiger partial charge is 0.400 e. The Bertz CT molecular complexity index is 3990. The molecule has 3 amide bonds. The van der Waals surface area contributed by atoms with Crippen LogP contribution in [0.5, 0.6) is 0 Å². The van der Waals surface area contributed by atoms with Crippen LogP contribution in [-0.2, 0) is 85.8 Å². The van der Waals surface area contributed by atoms with Crippen molar-refractivity contribution in [1.29, 1.82) is 0 Å². The number of hydrogen-bond acceptors (Lipinski definition) is 17. The summed E-state index contributed by atoms with van der Waals surface area (Å²) in [4.78, 5) is 61.5. The zero-order valence-electron chi connectivity index (χ0n) is 69.7. The van der Waals surface area contributed by atoms with Gasteiger partial charge in [-0.3, -0.25) is 19.2 Å². The molecule has 0 aliphatic heterocycles. The number of aliphatic hydroxyl groups excluding tert-OH is 4. The van der Waals surface area contributed by atoms with Crippen LogP contribution in [0.15, 0.2) is 133 Å². The van der Waals surface area contributed by atoms with Crippen molar-refractivity contribution in [3.8, 4) is 0 Å². The Morgan fingerprint density at radius 2 is 0.739 bits per heavy atom. The van der Waals surface area contributed by atoms with Crippen molar-refractivity contribution in [2.24, 2.45) is 11.1 Å². The molecule has 0 aromatic heterocycles. The summed E-state index contributed by atoms with van der Waals surface area (Å²) in [5, 5.41) is 63.5. The number of nitrogens with zero attached hydrogens (tertiary/aromatic N) is 1. The first-order valence-electron chi connectivity index (χ1n) is 39.0. The van der Waals surface area contributed by atoms with Gasteiger partial charge in [0.2, 0.25) is 17.7 Å². The first-order chi connectivity index (χ1) is 53.6. The van der Waals surface area contributed by atoms with Crippen molar-refractivity contribution in [3.05, 3.63) is 212 Å². The Labute approximate surface area is 682 Å². The highest BCUT2D eigenvalue weighted by Gasteiger charge is 2.42. The van der Waals surface area contributed by atoms with E-state index in [-0.39, 0.29) is 103 Å². The standard InChI is InChI=1S/C29H41F2N3O3.C29H39F2N3O3.C28H36F2N2O3.CH5NO.CH4O.ClH/c2*1-19(35)33-26(15-20-13-23(30)17-24(31)14-20)27(36)18-32-29(11-9-25(10-12-29)34-37-5)22-8-6-7-21(16-22)28(2,3)4;1-18(33)32-25(14-19-12-22(29)16-23(30)13-19)26(35)17-31-28(10-8-24(34)9-11-28)21-7-5-6-20(15-21)27(2,3)4;1-3-2;1-2;/h6-8,13-14,16-17,25-27,32,34,36H,9-12,15,18H2,1-5H3,(H,33,35);6-8,13-14,16-17,26-27,32,36H,9-12,15,18H2,1-5H3,(H,33,35);5-7,12-13,15-16,25-26,31,35H,8-11,14,17H2,1-4H3,(H,32,33);2H2,1H3;2H,1H3;1H/t25?,26?,27-,29?;26?,27-,29?;25-,26+;;;/m110.../s1. The van der Waals surface area contributed by atoms with Gasteiger partial charge >= 0.3 is 0 Å². The third-order valence-corrected chi connectivity index (χ3v) is 21.2. The predicted molar refractivity (Wildman–Crippen MR) is 441 cm³/mol. The van der Waals surface area contributed by atoms with E-state index in [9.17, 15) is 60.8 Å². The number of amides is 3. The number of oxime groups is 1. The Balaban J connectivity index is 0.000000351. The van der Waals surface area contributed by atoms with Crippen LogP contribution in [-0.4, -0.2) is 140 Å². The maximum atomic E-state index is 13.8. The van der Waals surface area contributed by atoms with Gasteiger partial charge in [-0.15, -0.1) is 12.4 Å². The van der Waals surface area contributed by atoms with Gasteiger partial charge in [0.1, 0.15) is 47.8 Å². The molecule has 20 nitrogen and oxygen atoms in total. The number of nitrogens with two attached hydrogens (primary N) is 1. The summed E-state index contributed by atoms with van der Waals surface area (Å²) >= 11 is 0. The van der Waals surface area contributed by atoms with Crippen molar-refractivity contribution in [3.63, 3.8) is 0 Å². The van der Waals surface area contributed by atoms with Crippen molar-refractivity contribution in [2.45, 2.75) is 255 Å². The SMILES string of the molecule is CC(=O)N[C@@H](Cc1cc(F)cc(F)c1)[C@H](O)CNC1(c2cccc(C(C)(C)C)c2)CCC(=O)CC1.CO.CON.CON=C1CCC(NC[C@@H](O)C(Cc2cc(F)cc(F)c2)NC(C)=O)(c2cccc(C(C)(C)C)c2)CC1.CONC1CCC(NC[C@@H](O)C(Cc2cc(F)cc(F)c2)NC(C)=O)(c2cccc(C(C)(C)C)c2)CC1.Cl. The second kappa shape index (κ2) is 46.4. The zero-order valence-corrected chi connectivity index (χ0v) is 70.6. The van der Waals surface area contributed by atoms with Crippen LogP contribution in [0.4, 0.5) is 26.3 Å². The van der Waals surface area contributed by atoms with Gasteiger partial charge in [0.25, 0.3) is 0 Å². The fourth-order valence-electron chi connectivity index (χ4n) is 15.0. The third-order valence-electron chi connectivity index (χ3n) is 21.2. The molecule has 9 rings (SSSR count). The number of hydrogen-bond donors (Lipinski definition) is 12. The molecule has 6 atom stereocenters. The average molecular weight is 1640 g/mol. The summed E-state index contributed by atoms with van der Waals surface area (Å²) in [6.07, 6.45) is 5.79. The van der Waals surface area contributed by atoms with Crippen LogP contribution in [0, 0.1) is 34.9 Å². The molecule has 6 aromatic carbocycles. The van der Waals surface area contributed by atoms with Gasteiger partial charge in [-0.2, -0.15) is 5.48 Å². The number of benzene rings is 6. The van der Waals surface area contributed by atoms with Crippen molar-refractivity contribution < 1.29 is 80.5 Å². The van der Waals surface area contributed by atoms with Gasteiger partial charge in [0.15, 0.2) is 0 Å². The van der Waals surface area contributed by atoms with Gasteiger partial charge in [-0.1, -0.05) is 140 Å². The molecule has 3 aliphatic carbocycles. The van der Waals surface area contributed by atoms with E-state index in [1.165, 1.54) is 81.0 Å². The molecule has 13 N–H and O–H groups in total. The first kappa shape index (κ1) is 99.7. The van der Waals surface area contributed by atoms with Crippen LogP contribution in [0.2, 0.25) is 0 Å². The van der Waals surface area contributed by atoms with Gasteiger partial charge in [-0.05, 0) is 186 Å². The Hall–Kier alpha value is -7.70. The highest BCUT2D eigenvalue weighted by Crippen LogP contribution is 2.42. The molecule has 115 heavy (non-hydrogen) atoms. The average Bonchev–Trinajstić information content (AvgIpc) is 0.786. The van der Waals surface area contributed by atoms with E-state index >= 15 is 0 Å². The van der Waals surface area contributed by atoms with Crippen molar-refractivity contribution >= 4 is 41.6 Å². The first-order valence-corrected chi connectivity index (χ1v) is 39.0. The van der Waals surface area contributed by atoms with E-state index in [0.717, 1.165) is 99.1 Å². The van der Waals surface area contributed by atoms with E-state index < -0.39 is 82.4 Å². The molecule has 0 spiro atoms. The predicted octanol–water partition coefficient (Wildman–Crippen LogP) is 12.8. The van der Waals surface area contributed by atoms with E-state index in [4.69, 9.17) is 14.8 Å².